The van der Waals surface area contributed by atoms with E-state index in [2.05, 4.69) is 11.2 Å². The van der Waals surface area contributed by atoms with Gasteiger partial charge < -0.3 is 9.15 Å². The van der Waals surface area contributed by atoms with Crippen LogP contribution in [0.5, 0.6) is 5.75 Å². The Labute approximate surface area is 107 Å². The fourth-order valence-corrected chi connectivity index (χ4v) is 1.94. The molecule has 0 saturated heterocycles. The summed E-state index contributed by atoms with van der Waals surface area (Å²) in [4.78, 5) is 0. The number of fused-ring (bicyclic) bond motifs is 1. The highest BCUT2D eigenvalue weighted by Crippen LogP contribution is 2.30. The molecule has 3 heteroatoms. The number of para-hydroxylation sites is 1. The van der Waals surface area contributed by atoms with Crippen molar-refractivity contribution in [3.8, 4) is 18.1 Å². The molecule has 0 aliphatic heterocycles. The molecule has 0 radical (unpaired) electrons. The molecule has 2 rings (SSSR count). The van der Waals surface area contributed by atoms with Crippen molar-refractivity contribution in [3.63, 3.8) is 0 Å². The zero-order chi connectivity index (χ0) is 13.1. The molecule has 1 heterocycles. The lowest BCUT2D eigenvalue weighted by atomic mass is 10.2. The van der Waals surface area contributed by atoms with Gasteiger partial charge in [-0.2, -0.15) is 0 Å². The maximum absolute atomic E-state index is 5.84. The molecule has 0 fully saturated rings. The van der Waals surface area contributed by atoms with E-state index in [9.17, 15) is 0 Å². The van der Waals surface area contributed by atoms with Crippen LogP contribution in [0.25, 0.3) is 11.0 Å². The molecule has 1 aromatic heterocycles. The van der Waals surface area contributed by atoms with Gasteiger partial charge in [0.25, 0.3) is 0 Å². The third-order valence-corrected chi connectivity index (χ3v) is 2.92. The van der Waals surface area contributed by atoms with Crippen molar-refractivity contribution in [2.24, 2.45) is 0 Å². The summed E-state index contributed by atoms with van der Waals surface area (Å²) in [5.74, 6) is 4.25. The maximum Gasteiger partial charge on any atom is 0.176 e. The van der Waals surface area contributed by atoms with Gasteiger partial charge in [-0.3, -0.25) is 5.32 Å². The Morgan fingerprint density at radius 2 is 2.17 bits per heavy atom. The van der Waals surface area contributed by atoms with Gasteiger partial charge in [-0.1, -0.05) is 18.1 Å². The summed E-state index contributed by atoms with van der Waals surface area (Å²) in [5, 5.41) is 4.31. The highest BCUT2D eigenvalue weighted by atomic mass is 16.5. The molecule has 2 aromatic rings. The lowest BCUT2D eigenvalue weighted by Crippen LogP contribution is -2.27. The van der Waals surface area contributed by atoms with Crippen LogP contribution in [0.4, 0.5) is 0 Å². The highest BCUT2D eigenvalue weighted by Gasteiger charge is 2.14. The molecular weight excluding hydrogens is 226 g/mol. The molecule has 2 unspecified atom stereocenters. The van der Waals surface area contributed by atoms with Crippen LogP contribution < -0.4 is 10.1 Å². The number of hydrogen-bond acceptors (Lipinski definition) is 3. The average Bonchev–Trinajstić information content (AvgIpc) is 2.82. The summed E-state index contributed by atoms with van der Waals surface area (Å²) in [6.45, 7) is 3.97. The van der Waals surface area contributed by atoms with E-state index in [0.717, 1.165) is 22.5 Å². The highest BCUT2D eigenvalue weighted by molar-refractivity contribution is 5.83. The van der Waals surface area contributed by atoms with Gasteiger partial charge in [0.15, 0.2) is 11.3 Å². The van der Waals surface area contributed by atoms with Crippen molar-refractivity contribution < 1.29 is 9.15 Å². The third-order valence-electron chi connectivity index (χ3n) is 2.92. The maximum atomic E-state index is 5.84. The van der Waals surface area contributed by atoms with Crippen LogP contribution >= 0.6 is 0 Å². The van der Waals surface area contributed by atoms with Gasteiger partial charge >= 0.3 is 0 Å². The Hall–Kier alpha value is -1.92. The Morgan fingerprint density at radius 1 is 1.39 bits per heavy atom. The molecule has 0 aliphatic carbocycles. The molecule has 94 valence electrons. The lowest BCUT2D eigenvalue weighted by molar-refractivity contribution is 0.398. The van der Waals surface area contributed by atoms with Gasteiger partial charge in [0.1, 0.15) is 5.76 Å². The first kappa shape index (κ1) is 12.5. The van der Waals surface area contributed by atoms with Crippen molar-refractivity contribution >= 4 is 11.0 Å². The van der Waals surface area contributed by atoms with E-state index in [1.165, 1.54) is 0 Å². The fraction of sp³-hybridized carbons (Fsp3) is 0.333. The van der Waals surface area contributed by atoms with Gasteiger partial charge in [0.2, 0.25) is 0 Å². The zero-order valence-electron chi connectivity index (χ0n) is 10.9. The number of terminal acetylenes is 1. The Kier molecular flexibility index (Phi) is 3.59. The van der Waals surface area contributed by atoms with Crippen molar-refractivity contribution in [3.05, 3.63) is 30.0 Å². The number of methoxy groups -OCH3 is 1. The predicted molar refractivity (Wildman–Crippen MR) is 72.6 cm³/mol. The molecule has 2 atom stereocenters. The first-order valence-corrected chi connectivity index (χ1v) is 5.94. The monoisotopic (exact) mass is 243 g/mol. The van der Waals surface area contributed by atoms with E-state index in [1.54, 1.807) is 7.11 Å². The number of furan rings is 1. The van der Waals surface area contributed by atoms with Crippen molar-refractivity contribution in [2.45, 2.75) is 25.9 Å². The molecule has 0 saturated carbocycles. The minimum absolute atomic E-state index is 0.00936. The number of ether oxygens (including phenoxy) is 1. The normalized spacial score (nSPS) is 14.1. The first-order chi connectivity index (χ1) is 8.65. The van der Waals surface area contributed by atoms with E-state index in [1.807, 2.05) is 38.1 Å². The van der Waals surface area contributed by atoms with E-state index in [0.29, 0.717) is 0 Å². The quantitative estimate of drug-likeness (QED) is 0.838. The summed E-state index contributed by atoms with van der Waals surface area (Å²) < 4.78 is 11.1. The van der Waals surface area contributed by atoms with Crippen molar-refractivity contribution in [1.82, 2.24) is 5.32 Å². The molecule has 1 aromatic carbocycles. The van der Waals surface area contributed by atoms with Crippen LogP contribution in [0, 0.1) is 12.3 Å². The minimum Gasteiger partial charge on any atom is -0.493 e. The summed E-state index contributed by atoms with van der Waals surface area (Å²) in [6.07, 6.45) is 5.36. The molecule has 18 heavy (non-hydrogen) atoms. The van der Waals surface area contributed by atoms with E-state index < -0.39 is 0 Å². The number of benzene rings is 1. The summed E-state index contributed by atoms with van der Waals surface area (Å²) in [5.41, 5.74) is 0.775. The van der Waals surface area contributed by atoms with E-state index in [-0.39, 0.29) is 12.1 Å². The van der Waals surface area contributed by atoms with E-state index in [4.69, 9.17) is 15.6 Å². The molecule has 0 aliphatic rings. The van der Waals surface area contributed by atoms with Gasteiger partial charge in [0, 0.05) is 5.39 Å². The Balaban J connectivity index is 2.33. The molecule has 0 spiro atoms. The summed E-state index contributed by atoms with van der Waals surface area (Å²) in [6, 6.07) is 7.92. The smallest absolute Gasteiger partial charge is 0.176 e. The second-order valence-corrected chi connectivity index (χ2v) is 4.30. The standard InChI is InChI=1S/C15H17NO2/c1-5-10(2)16-11(3)14-9-12-7-6-8-13(17-4)15(12)18-14/h1,6-11,16H,2-4H3. The number of hydrogen-bond donors (Lipinski definition) is 1. The molecule has 1 N–H and O–H groups in total. The number of rotatable bonds is 4. The Bertz CT molecular complexity index is 580. The lowest BCUT2D eigenvalue weighted by Gasteiger charge is -2.13. The zero-order valence-corrected chi connectivity index (χ0v) is 10.9. The molecule has 3 nitrogen and oxygen atoms in total. The van der Waals surface area contributed by atoms with E-state index >= 15 is 0 Å². The van der Waals surface area contributed by atoms with Gasteiger partial charge in [-0.25, -0.2) is 0 Å². The summed E-state index contributed by atoms with van der Waals surface area (Å²) in [7, 11) is 1.64. The first-order valence-electron chi connectivity index (χ1n) is 5.94. The predicted octanol–water partition coefficient (Wildman–Crippen LogP) is 3.11. The second-order valence-electron chi connectivity index (χ2n) is 4.30. The van der Waals surface area contributed by atoms with Crippen LogP contribution in [-0.4, -0.2) is 13.2 Å². The third kappa shape index (κ3) is 2.34. The van der Waals surface area contributed by atoms with Gasteiger partial charge in [-0.15, -0.1) is 6.42 Å². The van der Waals surface area contributed by atoms with Crippen LogP contribution in [0.3, 0.4) is 0 Å². The van der Waals surface area contributed by atoms with Crippen molar-refractivity contribution in [1.29, 1.82) is 0 Å². The minimum atomic E-state index is 0.00936. The fourth-order valence-electron chi connectivity index (χ4n) is 1.94. The van der Waals surface area contributed by atoms with Gasteiger partial charge in [-0.05, 0) is 26.0 Å². The second kappa shape index (κ2) is 5.16. The average molecular weight is 243 g/mol. The molecular formula is C15H17NO2. The summed E-state index contributed by atoms with van der Waals surface area (Å²) >= 11 is 0. The number of nitrogens with one attached hydrogen (secondary N) is 1. The SMILES string of the molecule is C#CC(C)NC(C)c1cc2cccc(OC)c2o1. The van der Waals surface area contributed by atoms with Crippen LogP contribution in [0.2, 0.25) is 0 Å². The molecule has 0 bridgehead atoms. The Morgan fingerprint density at radius 3 is 2.83 bits per heavy atom. The van der Waals surface area contributed by atoms with Crippen LogP contribution in [-0.2, 0) is 0 Å². The van der Waals surface area contributed by atoms with Crippen LogP contribution in [0.1, 0.15) is 25.6 Å². The topological polar surface area (TPSA) is 34.4 Å². The molecule has 0 amide bonds. The van der Waals surface area contributed by atoms with Crippen molar-refractivity contribution in [2.75, 3.05) is 7.11 Å². The van der Waals surface area contributed by atoms with Crippen LogP contribution in [0.15, 0.2) is 28.7 Å². The van der Waals surface area contributed by atoms with Gasteiger partial charge in [0.05, 0.1) is 19.2 Å². The largest absolute Gasteiger partial charge is 0.493 e.